The number of hydrogen-bond acceptors (Lipinski definition) is 2. The third-order valence-corrected chi connectivity index (χ3v) is 3.70. The highest BCUT2D eigenvalue weighted by Gasteiger charge is 2.13. The summed E-state index contributed by atoms with van der Waals surface area (Å²) in [5, 5.41) is 0.644. The highest BCUT2D eigenvalue weighted by Crippen LogP contribution is 2.16. The average Bonchev–Trinajstić information content (AvgIpc) is 2.33. The Morgan fingerprint density at radius 1 is 1.12 bits per heavy atom. The molecule has 2 rings (SSSR count). The fourth-order valence-corrected chi connectivity index (χ4v) is 2.63. The maximum absolute atomic E-state index is 12.0. The molecule has 1 atom stereocenters. The van der Waals surface area contributed by atoms with E-state index >= 15 is 0 Å². The van der Waals surface area contributed by atoms with Gasteiger partial charge in [0.2, 0.25) is 5.03 Å². The van der Waals surface area contributed by atoms with Gasteiger partial charge in [-0.2, -0.15) is 0 Å². The molecule has 1 heterocycles. The van der Waals surface area contributed by atoms with Crippen LogP contribution in [0.2, 0.25) is 0 Å². The average molecular weight is 231 g/mol. The van der Waals surface area contributed by atoms with Crippen LogP contribution in [0.25, 0.3) is 0 Å². The normalized spacial score (nSPS) is 12.4. The number of benzene rings is 1. The number of nitrogens with zero attached hydrogens (tertiary/aromatic N) is 1. The molecule has 0 bridgehead atoms. The minimum Gasteiger partial charge on any atom is -0.610 e. The lowest BCUT2D eigenvalue weighted by Gasteiger charge is -2.10. The van der Waals surface area contributed by atoms with Crippen molar-refractivity contribution in [2.45, 2.75) is 17.7 Å². The summed E-state index contributed by atoms with van der Waals surface area (Å²) in [7, 11) is 0. The van der Waals surface area contributed by atoms with Crippen molar-refractivity contribution in [3.05, 3.63) is 59.8 Å². The van der Waals surface area contributed by atoms with Gasteiger partial charge in [0.15, 0.2) is 0 Å². The van der Waals surface area contributed by atoms with Crippen LogP contribution in [0.3, 0.4) is 0 Å². The Morgan fingerprint density at radius 2 is 1.88 bits per heavy atom. The lowest BCUT2D eigenvalue weighted by Crippen LogP contribution is -2.07. The molecule has 2 nitrogen and oxygen atoms in total. The Morgan fingerprint density at radius 3 is 2.56 bits per heavy atom. The monoisotopic (exact) mass is 231 g/mol. The third kappa shape index (κ3) is 2.62. The molecule has 3 heteroatoms. The summed E-state index contributed by atoms with van der Waals surface area (Å²) in [6, 6.07) is 13.5. The van der Waals surface area contributed by atoms with E-state index in [4.69, 9.17) is 0 Å². The van der Waals surface area contributed by atoms with Gasteiger partial charge in [0.1, 0.15) is 5.75 Å². The first-order chi connectivity index (χ1) is 7.77. The number of aryl methyl sites for hydroxylation is 1. The van der Waals surface area contributed by atoms with Crippen LogP contribution in [0.1, 0.15) is 11.1 Å². The molecular weight excluding hydrogens is 218 g/mol. The molecule has 0 saturated carbocycles. The van der Waals surface area contributed by atoms with Gasteiger partial charge in [0.05, 0.1) is 0 Å². The van der Waals surface area contributed by atoms with Gasteiger partial charge >= 0.3 is 0 Å². The molecule has 0 spiro atoms. The second-order valence-corrected chi connectivity index (χ2v) is 4.98. The number of hydrogen-bond donors (Lipinski definition) is 0. The van der Waals surface area contributed by atoms with E-state index in [9.17, 15) is 4.55 Å². The SMILES string of the molecule is Cc1ccccc1C[S+]([O-])c1ccccn1. The molecule has 0 saturated heterocycles. The fraction of sp³-hybridized carbons (Fsp3) is 0.154. The molecule has 1 unspecified atom stereocenters. The number of aromatic nitrogens is 1. The van der Waals surface area contributed by atoms with Crippen molar-refractivity contribution in [1.29, 1.82) is 0 Å². The highest BCUT2D eigenvalue weighted by atomic mass is 32.2. The molecule has 1 aromatic carbocycles. The fourth-order valence-electron chi connectivity index (χ4n) is 1.47. The van der Waals surface area contributed by atoms with Gasteiger partial charge in [-0.25, -0.2) is 4.98 Å². The molecule has 0 fully saturated rings. The summed E-state index contributed by atoms with van der Waals surface area (Å²) in [6.07, 6.45) is 1.67. The van der Waals surface area contributed by atoms with Crippen LogP contribution in [0.4, 0.5) is 0 Å². The number of rotatable bonds is 3. The van der Waals surface area contributed by atoms with Gasteiger partial charge in [-0.05, 0) is 18.6 Å². The smallest absolute Gasteiger partial charge is 0.244 e. The zero-order chi connectivity index (χ0) is 11.4. The van der Waals surface area contributed by atoms with Crippen molar-refractivity contribution < 1.29 is 4.55 Å². The van der Waals surface area contributed by atoms with Gasteiger partial charge in [0.25, 0.3) is 0 Å². The maximum atomic E-state index is 12.0. The van der Waals surface area contributed by atoms with E-state index in [0.29, 0.717) is 10.8 Å². The van der Waals surface area contributed by atoms with E-state index in [1.54, 1.807) is 12.3 Å². The Labute approximate surface area is 98.5 Å². The van der Waals surface area contributed by atoms with Crippen LogP contribution in [-0.4, -0.2) is 9.54 Å². The van der Waals surface area contributed by atoms with Crippen molar-refractivity contribution >= 4 is 11.2 Å². The lowest BCUT2D eigenvalue weighted by atomic mass is 10.1. The summed E-state index contributed by atoms with van der Waals surface area (Å²) < 4.78 is 12.0. The highest BCUT2D eigenvalue weighted by molar-refractivity contribution is 7.90. The first-order valence-corrected chi connectivity index (χ1v) is 6.43. The Hall–Kier alpha value is -1.32. The molecule has 0 aliphatic carbocycles. The predicted molar refractivity (Wildman–Crippen MR) is 65.5 cm³/mol. The van der Waals surface area contributed by atoms with E-state index < -0.39 is 11.2 Å². The largest absolute Gasteiger partial charge is 0.610 e. The van der Waals surface area contributed by atoms with Gasteiger partial charge in [-0.15, -0.1) is 0 Å². The quantitative estimate of drug-likeness (QED) is 0.761. The molecule has 0 N–H and O–H groups in total. The van der Waals surface area contributed by atoms with Crippen molar-refractivity contribution in [1.82, 2.24) is 4.98 Å². The summed E-state index contributed by atoms with van der Waals surface area (Å²) in [4.78, 5) is 4.10. The van der Waals surface area contributed by atoms with Crippen molar-refractivity contribution in [3.8, 4) is 0 Å². The zero-order valence-electron chi connectivity index (χ0n) is 9.09. The van der Waals surface area contributed by atoms with Crippen molar-refractivity contribution in [2.24, 2.45) is 0 Å². The van der Waals surface area contributed by atoms with Crippen molar-refractivity contribution in [2.75, 3.05) is 0 Å². The minimum atomic E-state index is -1.06. The summed E-state index contributed by atoms with van der Waals surface area (Å²) in [5.74, 6) is 0.531. The molecule has 0 aliphatic heterocycles. The first-order valence-electron chi connectivity index (χ1n) is 5.11. The van der Waals surface area contributed by atoms with Crippen LogP contribution >= 0.6 is 0 Å². The Bertz CT molecular complexity index is 458. The summed E-state index contributed by atoms with van der Waals surface area (Å²) >= 11 is -1.06. The predicted octanol–water partition coefficient (Wildman–Crippen LogP) is 2.70. The van der Waals surface area contributed by atoms with Crippen molar-refractivity contribution in [3.63, 3.8) is 0 Å². The second kappa shape index (κ2) is 5.14. The van der Waals surface area contributed by atoms with E-state index in [-0.39, 0.29) is 0 Å². The van der Waals surface area contributed by atoms with Gasteiger partial charge < -0.3 is 4.55 Å². The van der Waals surface area contributed by atoms with E-state index in [1.165, 1.54) is 5.56 Å². The van der Waals surface area contributed by atoms with Gasteiger partial charge in [-0.1, -0.05) is 30.3 Å². The van der Waals surface area contributed by atoms with E-state index in [0.717, 1.165) is 5.56 Å². The molecule has 82 valence electrons. The van der Waals surface area contributed by atoms with Crippen LogP contribution < -0.4 is 0 Å². The van der Waals surface area contributed by atoms with Gasteiger partial charge in [-0.3, -0.25) is 0 Å². The molecule has 16 heavy (non-hydrogen) atoms. The standard InChI is InChI=1S/C13H13NOS/c1-11-6-2-3-7-12(11)10-16(15)13-8-4-5-9-14-13/h2-9H,10H2,1H3. The summed E-state index contributed by atoms with van der Waals surface area (Å²) in [5.41, 5.74) is 2.29. The molecule has 0 amide bonds. The zero-order valence-corrected chi connectivity index (χ0v) is 9.91. The maximum Gasteiger partial charge on any atom is 0.244 e. The van der Waals surface area contributed by atoms with E-state index in [1.807, 2.05) is 43.3 Å². The summed E-state index contributed by atoms with van der Waals surface area (Å²) in [6.45, 7) is 2.03. The molecular formula is C13H13NOS. The van der Waals surface area contributed by atoms with Crippen LogP contribution in [0, 0.1) is 6.92 Å². The third-order valence-electron chi connectivity index (χ3n) is 2.42. The molecule has 0 aliphatic rings. The van der Waals surface area contributed by atoms with Crippen LogP contribution in [-0.2, 0) is 16.9 Å². The van der Waals surface area contributed by atoms with Crippen LogP contribution in [0.15, 0.2) is 53.7 Å². The van der Waals surface area contributed by atoms with Crippen LogP contribution in [0.5, 0.6) is 0 Å². The molecule has 1 aromatic heterocycles. The minimum absolute atomic E-state index is 0.531. The first kappa shape index (κ1) is 11.2. The molecule has 0 radical (unpaired) electrons. The molecule has 2 aromatic rings. The van der Waals surface area contributed by atoms with E-state index in [2.05, 4.69) is 4.98 Å². The lowest BCUT2D eigenvalue weighted by molar-refractivity contribution is 0.590. The Balaban J connectivity index is 2.14. The van der Waals surface area contributed by atoms with Gasteiger partial charge in [0, 0.05) is 29.0 Å². The number of pyridine rings is 1. The second-order valence-electron chi connectivity index (χ2n) is 3.58. The topological polar surface area (TPSA) is 36.0 Å². The Kier molecular flexibility index (Phi) is 3.59.